The number of hydrogen-bond donors (Lipinski definition) is 2. The molecular formula is C11H15N3O3S2. The minimum absolute atomic E-state index is 0.0979. The second-order valence-electron chi connectivity index (χ2n) is 4.01. The molecule has 6 nitrogen and oxygen atoms in total. The number of sulfonamides is 1. The van der Waals surface area contributed by atoms with E-state index in [-0.39, 0.29) is 6.54 Å². The Kier molecular flexibility index (Phi) is 4.35. The van der Waals surface area contributed by atoms with Crippen LogP contribution in [0.2, 0.25) is 0 Å². The van der Waals surface area contributed by atoms with Gasteiger partial charge in [-0.15, -0.1) is 11.3 Å². The van der Waals surface area contributed by atoms with Gasteiger partial charge in [0, 0.05) is 17.5 Å². The number of aromatic nitrogens is 1. The molecule has 0 aliphatic carbocycles. The van der Waals surface area contributed by atoms with Gasteiger partial charge in [-0.2, -0.15) is 0 Å². The molecule has 0 saturated heterocycles. The standard InChI is InChI=1S/C11H15N3O3S2/c1-8-5-11(18-10(8)7-12-2)19(15,16)14-6-9-3-4-13-17-9/h3-5,12,14H,6-7H2,1-2H3. The van der Waals surface area contributed by atoms with Crippen LogP contribution in [-0.2, 0) is 23.1 Å². The van der Waals surface area contributed by atoms with Crippen LogP contribution in [0.3, 0.4) is 0 Å². The summed E-state index contributed by atoms with van der Waals surface area (Å²) in [4.78, 5) is 1.02. The van der Waals surface area contributed by atoms with E-state index < -0.39 is 10.0 Å². The number of rotatable bonds is 6. The van der Waals surface area contributed by atoms with Crippen molar-refractivity contribution in [3.05, 3.63) is 34.5 Å². The lowest BCUT2D eigenvalue weighted by atomic mass is 10.3. The molecule has 0 fully saturated rings. The monoisotopic (exact) mass is 301 g/mol. The highest BCUT2D eigenvalue weighted by molar-refractivity contribution is 7.91. The molecule has 19 heavy (non-hydrogen) atoms. The first kappa shape index (κ1) is 14.2. The summed E-state index contributed by atoms with van der Waals surface area (Å²) in [6, 6.07) is 3.30. The van der Waals surface area contributed by atoms with Gasteiger partial charge in [0.2, 0.25) is 10.0 Å². The van der Waals surface area contributed by atoms with E-state index in [9.17, 15) is 8.42 Å². The third-order valence-electron chi connectivity index (χ3n) is 2.53. The van der Waals surface area contributed by atoms with Crippen LogP contribution in [0.4, 0.5) is 0 Å². The molecule has 0 saturated carbocycles. The van der Waals surface area contributed by atoms with Crippen molar-refractivity contribution in [1.29, 1.82) is 0 Å². The third kappa shape index (κ3) is 3.41. The second kappa shape index (κ2) is 5.83. The summed E-state index contributed by atoms with van der Waals surface area (Å²) >= 11 is 1.27. The zero-order valence-electron chi connectivity index (χ0n) is 10.6. The predicted molar refractivity (Wildman–Crippen MR) is 72.3 cm³/mol. The van der Waals surface area contributed by atoms with Crippen LogP contribution in [0.25, 0.3) is 0 Å². The Morgan fingerprint density at radius 1 is 1.42 bits per heavy atom. The van der Waals surface area contributed by atoms with Crippen molar-refractivity contribution in [3.63, 3.8) is 0 Å². The fourth-order valence-electron chi connectivity index (χ4n) is 1.53. The summed E-state index contributed by atoms with van der Waals surface area (Å²) in [6.07, 6.45) is 1.48. The molecule has 0 amide bonds. The maximum Gasteiger partial charge on any atom is 0.250 e. The van der Waals surface area contributed by atoms with Crippen molar-refractivity contribution in [2.24, 2.45) is 0 Å². The molecule has 0 radical (unpaired) electrons. The fourth-order valence-corrected chi connectivity index (χ4v) is 4.17. The number of aryl methyl sites for hydroxylation is 1. The Morgan fingerprint density at radius 2 is 2.21 bits per heavy atom. The van der Waals surface area contributed by atoms with Crippen LogP contribution in [0.15, 0.2) is 27.1 Å². The van der Waals surface area contributed by atoms with E-state index in [0.29, 0.717) is 16.5 Å². The van der Waals surface area contributed by atoms with Crippen molar-refractivity contribution < 1.29 is 12.9 Å². The first-order chi connectivity index (χ1) is 9.03. The van der Waals surface area contributed by atoms with Crippen molar-refractivity contribution in [3.8, 4) is 0 Å². The van der Waals surface area contributed by atoms with E-state index in [1.54, 1.807) is 12.1 Å². The summed E-state index contributed by atoms with van der Waals surface area (Å²) < 4.78 is 31.9. The maximum absolute atomic E-state index is 12.1. The van der Waals surface area contributed by atoms with E-state index in [1.165, 1.54) is 17.5 Å². The van der Waals surface area contributed by atoms with Gasteiger partial charge in [-0.05, 0) is 25.6 Å². The highest BCUT2D eigenvalue weighted by Crippen LogP contribution is 2.25. The van der Waals surface area contributed by atoms with Gasteiger partial charge >= 0.3 is 0 Å². The van der Waals surface area contributed by atoms with E-state index in [0.717, 1.165) is 10.4 Å². The minimum Gasteiger partial charge on any atom is -0.360 e. The molecule has 2 aromatic rings. The number of thiophene rings is 1. The van der Waals surface area contributed by atoms with Crippen LogP contribution >= 0.6 is 11.3 Å². The molecule has 0 aliphatic rings. The smallest absolute Gasteiger partial charge is 0.250 e. The molecule has 0 bridgehead atoms. The van der Waals surface area contributed by atoms with Gasteiger partial charge in [0.15, 0.2) is 5.76 Å². The van der Waals surface area contributed by atoms with Gasteiger partial charge in [-0.25, -0.2) is 13.1 Å². The molecule has 2 heterocycles. The summed E-state index contributed by atoms with van der Waals surface area (Å²) in [5, 5.41) is 6.54. The topological polar surface area (TPSA) is 84.2 Å². The molecule has 0 unspecified atom stereocenters. The first-order valence-electron chi connectivity index (χ1n) is 5.66. The molecule has 8 heteroatoms. The number of hydrogen-bond acceptors (Lipinski definition) is 6. The van der Waals surface area contributed by atoms with E-state index >= 15 is 0 Å². The Bertz CT molecular complexity index is 632. The third-order valence-corrected chi connectivity index (χ3v) is 5.64. The molecule has 104 valence electrons. The Hall–Kier alpha value is -1.22. The van der Waals surface area contributed by atoms with Crippen molar-refractivity contribution in [2.75, 3.05) is 7.05 Å². The first-order valence-corrected chi connectivity index (χ1v) is 7.96. The van der Waals surface area contributed by atoms with Crippen LogP contribution in [0.1, 0.15) is 16.2 Å². The molecule has 2 rings (SSSR count). The summed E-state index contributed by atoms with van der Waals surface area (Å²) in [5.41, 5.74) is 0.972. The predicted octanol–water partition coefficient (Wildman–Crippen LogP) is 1.24. The van der Waals surface area contributed by atoms with Crippen LogP contribution in [-0.4, -0.2) is 20.6 Å². The van der Waals surface area contributed by atoms with Gasteiger partial charge in [-0.3, -0.25) is 0 Å². The van der Waals surface area contributed by atoms with Crippen molar-refractivity contribution in [2.45, 2.75) is 24.2 Å². The molecule has 0 aromatic carbocycles. The molecule has 2 aromatic heterocycles. The Morgan fingerprint density at radius 3 is 2.84 bits per heavy atom. The van der Waals surface area contributed by atoms with Gasteiger partial charge < -0.3 is 9.84 Å². The zero-order valence-corrected chi connectivity index (χ0v) is 12.3. The number of nitrogens with one attached hydrogen (secondary N) is 2. The summed E-state index contributed by atoms with van der Waals surface area (Å²) in [5.74, 6) is 0.479. The van der Waals surface area contributed by atoms with Crippen molar-refractivity contribution >= 4 is 21.4 Å². The lowest BCUT2D eigenvalue weighted by Gasteiger charge is -2.01. The SMILES string of the molecule is CNCc1sc(S(=O)(=O)NCc2ccno2)cc1C. The lowest BCUT2D eigenvalue weighted by Crippen LogP contribution is -2.22. The molecular weight excluding hydrogens is 286 g/mol. The largest absolute Gasteiger partial charge is 0.360 e. The fraction of sp³-hybridized carbons (Fsp3) is 0.364. The summed E-state index contributed by atoms with van der Waals surface area (Å²) in [6.45, 7) is 2.66. The molecule has 0 spiro atoms. The molecule has 0 atom stereocenters. The maximum atomic E-state index is 12.1. The average Bonchev–Trinajstić information content (AvgIpc) is 2.98. The minimum atomic E-state index is -3.50. The van der Waals surface area contributed by atoms with Crippen LogP contribution in [0, 0.1) is 6.92 Å². The van der Waals surface area contributed by atoms with Crippen LogP contribution in [0.5, 0.6) is 0 Å². The van der Waals surface area contributed by atoms with E-state index in [2.05, 4.69) is 15.2 Å². The highest BCUT2D eigenvalue weighted by Gasteiger charge is 2.19. The second-order valence-corrected chi connectivity index (χ2v) is 7.14. The van der Waals surface area contributed by atoms with E-state index in [4.69, 9.17) is 4.52 Å². The average molecular weight is 301 g/mol. The quantitative estimate of drug-likeness (QED) is 0.838. The van der Waals surface area contributed by atoms with Gasteiger partial charge in [0.1, 0.15) is 4.21 Å². The lowest BCUT2D eigenvalue weighted by molar-refractivity contribution is 0.380. The molecule has 0 aliphatic heterocycles. The zero-order chi connectivity index (χ0) is 13.9. The summed E-state index contributed by atoms with van der Waals surface area (Å²) in [7, 11) is -1.67. The number of nitrogens with zero attached hydrogens (tertiary/aromatic N) is 1. The van der Waals surface area contributed by atoms with Gasteiger partial charge in [0.05, 0.1) is 12.7 Å². The van der Waals surface area contributed by atoms with Gasteiger partial charge in [-0.1, -0.05) is 5.16 Å². The van der Waals surface area contributed by atoms with Crippen LogP contribution < -0.4 is 10.0 Å². The normalized spacial score (nSPS) is 11.9. The Labute approximate surface area is 115 Å². The Balaban J connectivity index is 2.12. The van der Waals surface area contributed by atoms with Crippen molar-refractivity contribution in [1.82, 2.24) is 15.2 Å². The van der Waals surface area contributed by atoms with E-state index in [1.807, 2.05) is 14.0 Å². The molecule has 2 N–H and O–H groups in total. The van der Waals surface area contributed by atoms with Gasteiger partial charge in [0.25, 0.3) is 0 Å². The highest BCUT2D eigenvalue weighted by atomic mass is 32.2.